The summed E-state index contributed by atoms with van der Waals surface area (Å²) in [6.45, 7) is -0.787. The maximum absolute atomic E-state index is 12.0. The minimum Gasteiger partial charge on any atom is -0.460 e. The van der Waals surface area contributed by atoms with E-state index in [0.717, 1.165) is 6.07 Å². The quantitative estimate of drug-likeness (QED) is 0.444. The van der Waals surface area contributed by atoms with Crippen LogP contribution >= 0.6 is 11.6 Å². The molecule has 0 saturated heterocycles. The predicted octanol–water partition coefficient (Wildman–Crippen LogP) is 2.27. The Morgan fingerprint density at radius 3 is 2.48 bits per heavy atom. The summed E-state index contributed by atoms with van der Waals surface area (Å²) in [5, 5.41) is 10.7. The third-order valence-corrected chi connectivity index (χ3v) is 4.87. The van der Waals surface area contributed by atoms with Crippen LogP contribution in [0.25, 0.3) is 0 Å². The molecule has 2 rings (SSSR count). The molecule has 132 valence electrons. The van der Waals surface area contributed by atoms with E-state index in [2.05, 4.69) is 4.72 Å². The molecule has 0 aromatic heterocycles. The molecule has 0 aliphatic rings. The van der Waals surface area contributed by atoms with Crippen molar-refractivity contribution in [1.29, 1.82) is 0 Å². The summed E-state index contributed by atoms with van der Waals surface area (Å²) in [6.07, 6.45) is 0. The van der Waals surface area contributed by atoms with Crippen LogP contribution in [0.4, 0.5) is 5.69 Å². The average Bonchev–Trinajstić information content (AvgIpc) is 2.59. The van der Waals surface area contributed by atoms with Crippen LogP contribution in [0.5, 0.6) is 0 Å². The van der Waals surface area contributed by atoms with E-state index in [-0.39, 0.29) is 22.2 Å². The molecule has 0 radical (unpaired) electrons. The second-order valence-corrected chi connectivity index (χ2v) is 7.01. The van der Waals surface area contributed by atoms with Crippen molar-refractivity contribution >= 4 is 33.3 Å². The number of nitro groups is 1. The fourth-order valence-corrected chi connectivity index (χ4v) is 3.03. The molecule has 10 heteroatoms. The molecule has 0 saturated carbocycles. The molecule has 0 heterocycles. The number of non-ortho nitro benzene ring substituents is 1. The maximum Gasteiger partial charge on any atom is 0.321 e. The first-order valence-corrected chi connectivity index (χ1v) is 8.79. The van der Waals surface area contributed by atoms with Crippen LogP contribution in [0, 0.1) is 10.1 Å². The number of halogens is 1. The van der Waals surface area contributed by atoms with E-state index < -0.39 is 27.5 Å². The van der Waals surface area contributed by atoms with Gasteiger partial charge in [0, 0.05) is 17.7 Å². The van der Waals surface area contributed by atoms with Gasteiger partial charge in [-0.1, -0.05) is 29.8 Å². The zero-order chi connectivity index (χ0) is 18.4. The van der Waals surface area contributed by atoms with Gasteiger partial charge in [-0.3, -0.25) is 14.9 Å². The number of nitro benzene ring substituents is 1. The maximum atomic E-state index is 12.0. The number of hydrogen-bond donors (Lipinski definition) is 1. The average molecular weight is 385 g/mol. The normalized spacial score (nSPS) is 11.1. The van der Waals surface area contributed by atoms with Crippen LogP contribution in [-0.2, 0) is 26.2 Å². The van der Waals surface area contributed by atoms with Crippen molar-refractivity contribution in [1.82, 2.24) is 4.72 Å². The van der Waals surface area contributed by atoms with Crippen molar-refractivity contribution in [2.75, 3.05) is 6.54 Å². The van der Waals surface area contributed by atoms with Gasteiger partial charge in [-0.05, 0) is 18.2 Å². The fourth-order valence-electron chi connectivity index (χ4n) is 1.81. The number of ether oxygens (including phenoxy) is 1. The highest BCUT2D eigenvalue weighted by Gasteiger charge is 2.16. The minimum atomic E-state index is -3.81. The van der Waals surface area contributed by atoms with Crippen molar-refractivity contribution in [3.05, 3.63) is 69.2 Å². The van der Waals surface area contributed by atoms with Crippen molar-refractivity contribution in [2.24, 2.45) is 0 Å². The van der Waals surface area contributed by atoms with E-state index >= 15 is 0 Å². The molecule has 0 unspecified atom stereocenters. The second kappa shape index (κ2) is 8.06. The topological polar surface area (TPSA) is 116 Å². The number of nitrogens with zero attached hydrogens (tertiary/aromatic N) is 1. The Kier molecular flexibility index (Phi) is 6.07. The molecule has 2 aromatic rings. The van der Waals surface area contributed by atoms with Crippen LogP contribution in [-0.4, -0.2) is 25.9 Å². The molecule has 25 heavy (non-hydrogen) atoms. The molecule has 1 N–H and O–H groups in total. The first-order chi connectivity index (χ1) is 11.8. The molecule has 0 fully saturated rings. The lowest BCUT2D eigenvalue weighted by atomic mass is 10.2. The Balaban J connectivity index is 1.90. The number of rotatable bonds is 7. The number of esters is 1. The Morgan fingerprint density at radius 2 is 1.88 bits per heavy atom. The second-order valence-electron chi connectivity index (χ2n) is 4.83. The molecular formula is C15H13ClN2O6S. The van der Waals surface area contributed by atoms with Crippen LogP contribution in [0.1, 0.15) is 5.56 Å². The monoisotopic (exact) mass is 384 g/mol. The highest BCUT2D eigenvalue weighted by atomic mass is 35.5. The Labute approximate surface area is 148 Å². The van der Waals surface area contributed by atoms with Gasteiger partial charge < -0.3 is 4.74 Å². The van der Waals surface area contributed by atoms with Gasteiger partial charge in [0.2, 0.25) is 10.0 Å². The first kappa shape index (κ1) is 18.8. The van der Waals surface area contributed by atoms with Gasteiger partial charge in [0.05, 0.1) is 14.8 Å². The molecule has 2 aromatic carbocycles. The number of benzene rings is 2. The number of nitrogens with one attached hydrogen (secondary N) is 1. The van der Waals surface area contributed by atoms with Crippen LogP contribution in [0.2, 0.25) is 5.02 Å². The van der Waals surface area contributed by atoms with Gasteiger partial charge in [-0.15, -0.1) is 0 Å². The predicted molar refractivity (Wildman–Crippen MR) is 89.5 cm³/mol. The van der Waals surface area contributed by atoms with Gasteiger partial charge in [0.1, 0.15) is 13.2 Å². The minimum absolute atomic E-state index is 0.0289. The third-order valence-electron chi connectivity index (χ3n) is 3.10. The molecule has 0 aliphatic carbocycles. The summed E-state index contributed by atoms with van der Waals surface area (Å²) in [4.78, 5) is 21.7. The van der Waals surface area contributed by atoms with Crippen molar-refractivity contribution < 1.29 is 22.9 Å². The molecule has 8 nitrogen and oxygen atoms in total. The Hall–Kier alpha value is -2.49. The number of carbonyl (C=O) groups excluding carboxylic acids is 1. The lowest BCUT2D eigenvalue weighted by Crippen LogP contribution is -2.30. The fraction of sp³-hybridized carbons (Fsp3) is 0.133. The van der Waals surface area contributed by atoms with Gasteiger partial charge in [-0.2, -0.15) is 4.72 Å². The van der Waals surface area contributed by atoms with Gasteiger partial charge >= 0.3 is 5.97 Å². The van der Waals surface area contributed by atoms with E-state index in [1.54, 1.807) is 18.2 Å². The van der Waals surface area contributed by atoms with Gasteiger partial charge in [0.15, 0.2) is 0 Å². The summed E-state index contributed by atoms with van der Waals surface area (Å²) >= 11 is 5.88. The number of sulfonamides is 1. The van der Waals surface area contributed by atoms with E-state index in [1.165, 1.54) is 24.3 Å². The standard InChI is InChI=1S/C15H13ClN2O6S/c16-14-8-12(18(20)21)7-6-11(14)10-24-15(19)9-17-25(22,23)13-4-2-1-3-5-13/h1-8,17H,9-10H2. The highest BCUT2D eigenvalue weighted by Crippen LogP contribution is 2.23. The summed E-state index contributed by atoms with van der Waals surface area (Å²) < 4.78 is 31.0. The molecule has 0 spiro atoms. The van der Waals surface area contributed by atoms with Gasteiger partial charge in [0.25, 0.3) is 5.69 Å². The first-order valence-electron chi connectivity index (χ1n) is 6.93. The third kappa shape index (κ3) is 5.24. The number of carbonyl (C=O) groups is 1. The van der Waals surface area contributed by atoms with Crippen LogP contribution in [0.3, 0.4) is 0 Å². The molecule has 0 aliphatic heterocycles. The highest BCUT2D eigenvalue weighted by molar-refractivity contribution is 7.89. The van der Waals surface area contributed by atoms with Crippen molar-refractivity contribution in [3.63, 3.8) is 0 Å². The number of hydrogen-bond acceptors (Lipinski definition) is 6. The summed E-state index contributed by atoms with van der Waals surface area (Å²) in [5.41, 5.74) is 0.183. The van der Waals surface area contributed by atoms with Gasteiger partial charge in [-0.25, -0.2) is 8.42 Å². The zero-order valence-corrected chi connectivity index (χ0v) is 14.3. The van der Waals surface area contributed by atoms with Crippen molar-refractivity contribution in [2.45, 2.75) is 11.5 Å². The lowest BCUT2D eigenvalue weighted by molar-refractivity contribution is -0.384. The van der Waals surface area contributed by atoms with E-state index in [4.69, 9.17) is 16.3 Å². The zero-order valence-electron chi connectivity index (χ0n) is 12.7. The van der Waals surface area contributed by atoms with Crippen LogP contribution < -0.4 is 4.72 Å². The lowest BCUT2D eigenvalue weighted by Gasteiger charge is -2.08. The molecule has 0 amide bonds. The molecule has 0 bridgehead atoms. The molecule has 0 atom stereocenters. The van der Waals surface area contributed by atoms with Crippen molar-refractivity contribution in [3.8, 4) is 0 Å². The molecular weight excluding hydrogens is 372 g/mol. The SMILES string of the molecule is O=C(CNS(=O)(=O)c1ccccc1)OCc1ccc([N+](=O)[O-])cc1Cl. The van der Waals surface area contributed by atoms with E-state index in [9.17, 15) is 23.3 Å². The summed E-state index contributed by atoms with van der Waals surface area (Å²) in [7, 11) is -3.81. The Bertz CT molecular complexity index is 886. The summed E-state index contributed by atoms with van der Waals surface area (Å²) in [5.74, 6) is -0.811. The smallest absolute Gasteiger partial charge is 0.321 e. The van der Waals surface area contributed by atoms with E-state index in [0.29, 0.717) is 5.56 Å². The van der Waals surface area contributed by atoms with Crippen LogP contribution in [0.15, 0.2) is 53.4 Å². The largest absolute Gasteiger partial charge is 0.460 e. The Morgan fingerprint density at radius 1 is 1.20 bits per heavy atom. The van der Waals surface area contributed by atoms with E-state index in [1.807, 2.05) is 0 Å². The summed E-state index contributed by atoms with van der Waals surface area (Å²) in [6, 6.07) is 11.3.